The van der Waals surface area contributed by atoms with Gasteiger partial charge in [-0.1, -0.05) is 29.8 Å². The van der Waals surface area contributed by atoms with E-state index in [9.17, 15) is 25.0 Å². The van der Waals surface area contributed by atoms with E-state index in [0.717, 1.165) is 15.8 Å². The first kappa shape index (κ1) is 19.7. The zero-order chi connectivity index (χ0) is 21.1. The Morgan fingerprint density at radius 1 is 1.14 bits per heavy atom. The van der Waals surface area contributed by atoms with Crippen molar-refractivity contribution in [2.45, 2.75) is 26.9 Å². The number of aryl methyl sites for hydroxylation is 1. The number of carbonyl (C=O) groups excluding carboxylic acids is 1. The lowest BCUT2D eigenvalue weighted by atomic mass is 10.1. The second kappa shape index (κ2) is 7.88. The number of hydrogen-bond acceptors (Lipinski definition) is 7. The summed E-state index contributed by atoms with van der Waals surface area (Å²) >= 11 is 0. The first-order valence-corrected chi connectivity index (χ1v) is 8.49. The lowest BCUT2D eigenvalue weighted by molar-refractivity contribution is -0.424. The Morgan fingerprint density at radius 2 is 1.90 bits per heavy atom. The number of aromatic nitrogens is 4. The van der Waals surface area contributed by atoms with Crippen molar-refractivity contribution in [2.75, 3.05) is 5.32 Å². The Kier molecular flexibility index (Phi) is 5.34. The number of anilines is 1. The average molecular weight is 399 g/mol. The number of nitrogens with one attached hydrogen (secondary N) is 1. The first-order chi connectivity index (χ1) is 13.7. The van der Waals surface area contributed by atoms with E-state index in [1.54, 1.807) is 16.9 Å². The van der Waals surface area contributed by atoms with Crippen molar-refractivity contribution in [2.24, 2.45) is 0 Å². The molecule has 0 spiro atoms. The zero-order valence-electron chi connectivity index (χ0n) is 15.6. The molecule has 0 aliphatic carbocycles. The molecule has 1 N–H and O–H groups in total. The molecule has 2 aromatic heterocycles. The van der Waals surface area contributed by atoms with Crippen molar-refractivity contribution in [3.05, 3.63) is 73.6 Å². The van der Waals surface area contributed by atoms with Gasteiger partial charge in [-0.25, -0.2) is 0 Å². The van der Waals surface area contributed by atoms with Gasteiger partial charge in [0.2, 0.25) is 5.91 Å². The third kappa shape index (κ3) is 4.43. The predicted octanol–water partition coefficient (Wildman–Crippen LogP) is 2.20. The van der Waals surface area contributed by atoms with Crippen molar-refractivity contribution >= 4 is 23.2 Å². The van der Waals surface area contributed by atoms with Gasteiger partial charge in [-0.2, -0.15) is 9.78 Å². The SMILES string of the molecule is Cc1cccc(Cn2ccc(NC(=O)Cn3nc([N+](=O)[O-])c([N+](=O)[O-])c3C)n2)c1. The molecule has 0 radical (unpaired) electrons. The Bertz CT molecular complexity index is 1100. The quantitative estimate of drug-likeness (QED) is 0.472. The molecule has 0 saturated heterocycles. The maximum absolute atomic E-state index is 12.2. The minimum atomic E-state index is -0.952. The van der Waals surface area contributed by atoms with Crippen LogP contribution in [0.25, 0.3) is 0 Å². The molecule has 0 aliphatic heterocycles. The molecule has 0 unspecified atom stereocenters. The van der Waals surface area contributed by atoms with Crippen molar-refractivity contribution < 1.29 is 14.6 Å². The van der Waals surface area contributed by atoms with Gasteiger partial charge < -0.3 is 15.4 Å². The van der Waals surface area contributed by atoms with Gasteiger partial charge in [0.15, 0.2) is 5.82 Å². The number of nitrogens with zero attached hydrogens (tertiary/aromatic N) is 6. The van der Waals surface area contributed by atoms with Crippen LogP contribution >= 0.6 is 0 Å². The summed E-state index contributed by atoms with van der Waals surface area (Å²) in [6, 6.07) is 9.54. The van der Waals surface area contributed by atoms with Crippen molar-refractivity contribution in [3.8, 4) is 0 Å². The maximum atomic E-state index is 12.2. The van der Waals surface area contributed by atoms with Crippen molar-refractivity contribution in [1.82, 2.24) is 19.6 Å². The van der Waals surface area contributed by atoms with Crippen LogP contribution in [0.1, 0.15) is 16.8 Å². The number of amides is 1. The zero-order valence-corrected chi connectivity index (χ0v) is 15.6. The largest absolute Gasteiger partial charge is 0.468 e. The van der Waals surface area contributed by atoms with Crippen LogP contribution in [-0.4, -0.2) is 35.3 Å². The molecule has 150 valence electrons. The van der Waals surface area contributed by atoms with Crippen LogP contribution < -0.4 is 5.32 Å². The second-order valence-electron chi connectivity index (χ2n) is 6.37. The molecule has 0 atom stereocenters. The highest BCUT2D eigenvalue weighted by Gasteiger charge is 2.35. The number of rotatable bonds is 7. The van der Waals surface area contributed by atoms with E-state index in [1.807, 2.05) is 31.2 Å². The van der Waals surface area contributed by atoms with Crippen LogP contribution in [0.2, 0.25) is 0 Å². The maximum Gasteiger partial charge on any atom is 0.468 e. The normalized spacial score (nSPS) is 10.7. The van der Waals surface area contributed by atoms with E-state index >= 15 is 0 Å². The third-order valence-corrected chi connectivity index (χ3v) is 4.14. The summed E-state index contributed by atoms with van der Waals surface area (Å²) < 4.78 is 2.58. The molecule has 1 amide bonds. The Balaban J connectivity index is 1.69. The topological polar surface area (TPSA) is 151 Å². The fraction of sp³-hybridized carbons (Fsp3) is 0.235. The predicted molar refractivity (Wildman–Crippen MR) is 101 cm³/mol. The molecular weight excluding hydrogens is 382 g/mol. The molecule has 29 heavy (non-hydrogen) atoms. The summed E-state index contributed by atoms with van der Waals surface area (Å²) in [4.78, 5) is 32.4. The minimum absolute atomic E-state index is 0.0816. The highest BCUT2D eigenvalue weighted by atomic mass is 16.6. The molecule has 0 bridgehead atoms. The smallest absolute Gasteiger partial charge is 0.358 e. The molecule has 1 aromatic carbocycles. The number of nitro groups is 2. The van der Waals surface area contributed by atoms with Gasteiger partial charge in [0, 0.05) is 12.3 Å². The van der Waals surface area contributed by atoms with E-state index in [1.165, 1.54) is 6.92 Å². The summed E-state index contributed by atoms with van der Waals surface area (Å²) in [7, 11) is 0. The molecule has 0 aliphatic rings. The van der Waals surface area contributed by atoms with Crippen LogP contribution in [0.5, 0.6) is 0 Å². The lowest BCUT2D eigenvalue weighted by Gasteiger charge is -2.04. The molecule has 0 saturated carbocycles. The fourth-order valence-electron chi connectivity index (χ4n) is 2.84. The van der Waals surface area contributed by atoms with Crippen molar-refractivity contribution in [3.63, 3.8) is 0 Å². The number of carbonyl (C=O) groups is 1. The van der Waals surface area contributed by atoms with E-state index in [4.69, 9.17) is 0 Å². The van der Waals surface area contributed by atoms with Gasteiger partial charge in [0.25, 0.3) is 0 Å². The van der Waals surface area contributed by atoms with Crippen LogP contribution in [0.15, 0.2) is 36.5 Å². The van der Waals surface area contributed by atoms with E-state index in [-0.39, 0.29) is 11.5 Å². The minimum Gasteiger partial charge on any atom is -0.358 e. The Morgan fingerprint density at radius 3 is 2.52 bits per heavy atom. The van der Waals surface area contributed by atoms with Crippen molar-refractivity contribution in [1.29, 1.82) is 0 Å². The summed E-state index contributed by atoms with van der Waals surface area (Å²) in [5, 5.41) is 32.4. The average Bonchev–Trinajstić information content (AvgIpc) is 3.19. The van der Waals surface area contributed by atoms with Gasteiger partial charge in [0.05, 0.1) is 16.6 Å². The second-order valence-corrected chi connectivity index (χ2v) is 6.37. The molecular formula is C17H17N7O5. The van der Waals surface area contributed by atoms with Gasteiger partial charge in [-0.05, 0) is 24.3 Å². The summed E-state index contributed by atoms with van der Waals surface area (Å²) in [6.07, 6.45) is 1.70. The molecule has 2 heterocycles. The standard InChI is InChI=1S/C17H17N7O5/c1-11-4-3-5-13(8-11)9-21-7-6-14(19-21)18-15(25)10-22-12(2)16(23(26)27)17(20-22)24(28)29/h3-8H,9-10H2,1-2H3,(H,18,19,25). The fourth-order valence-corrected chi connectivity index (χ4v) is 2.84. The summed E-state index contributed by atoms with van der Waals surface area (Å²) in [5.41, 5.74) is 1.37. The Labute approximate surface area is 164 Å². The number of benzene rings is 1. The summed E-state index contributed by atoms with van der Waals surface area (Å²) in [5.74, 6) is -1.18. The van der Waals surface area contributed by atoms with Crippen LogP contribution in [-0.2, 0) is 17.9 Å². The molecule has 12 heteroatoms. The van der Waals surface area contributed by atoms with E-state index in [0.29, 0.717) is 6.54 Å². The molecule has 0 fully saturated rings. The van der Waals surface area contributed by atoms with Crippen LogP contribution in [0.3, 0.4) is 0 Å². The van der Waals surface area contributed by atoms with Gasteiger partial charge in [-0.3, -0.25) is 19.6 Å². The lowest BCUT2D eigenvalue weighted by Crippen LogP contribution is -2.20. The first-order valence-electron chi connectivity index (χ1n) is 8.49. The monoisotopic (exact) mass is 399 g/mol. The Hall–Kier alpha value is -4.09. The van der Waals surface area contributed by atoms with E-state index in [2.05, 4.69) is 15.5 Å². The van der Waals surface area contributed by atoms with Gasteiger partial charge >= 0.3 is 11.5 Å². The molecule has 3 aromatic rings. The van der Waals surface area contributed by atoms with Crippen LogP contribution in [0, 0.1) is 34.1 Å². The third-order valence-electron chi connectivity index (χ3n) is 4.14. The molecule has 3 rings (SSSR count). The number of hydrogen-bond donors (Lipinski definition) is 1. The molecule has 12 nitrogen and oxygen atoms in total. The van der Waals surface area contributed by atoms with Gasteiger partial charge in [0.1, 0.15) is 12.2 Å². The summed E-state index contributed by atoms with van der Waals surface area (Å²) in [6.45, 7) is 3.38. The van der Waals surface area contributed by atoms with E-state index < -0.39 is 33.8 Å². The van der Waals surface area contributed by atoms with Gasteiger partial charge in [-0.15, -0.1) is 0 Å². The highest BCUT2D eigenvalue weighted by Crippen LogP contribution is 2.29. The van der Waals surface area contributed by atoms with Crippen LogP contribution in [0.4, 0.5) is 17.3 Å². The highest BCUT2D eigenvalue weighted by molar-refractivity contribution is 5.89.